The number of nitrogens with zero attached hydrogens (tertiary/aromatic N) is 2. The number of aryl methyl sites for hydroxylation is 1. The zero-order valence-electron chi connectivity index (χ0n) is 15.1. The minimum absolute atomic E-state index is 0.444. The van der Waals surface area contributed by atoms with Crippen molar-refractivity contribution in [2.24, 2.45) is 0 Å². The molecule has 0 saturated carbocycles. The number of aromatic nitrogens is 1. The van der Waals surface area contributed by atoms with Gasteiger partial charge in [-0.2, -0.15) is 5.26 Å². The van der Waals surface area contributed by atoms with Gasteiger partial charge in [-0.05, 0) is 36.8 Å². The molecule has 0 amide bonds. The van der Waals surface area contributed by atoms with Crippen LogP contribution in [0.4, 0.5) is 11.4 Å². The Hall–Kier alpha value is -3.46. The molecule has 1 heterocycles. The van der Waals surface area contributed by atoms with Gasteiger partial charge in [-0.3, -0.25) is 4.98 Å². The maximum Gasteiger partial charge on any atom is 0.162 e. The van der Waals surface area contributed by atoms with Gasteiger partial charge in [0.2, 0.25) is 0 Å². The van der Waals surface area contributed by atoms with Gasteiger partial charge in [-0.1, -0.05) is 0 Å². The van der Waals surface area contributed by atoms with Gasteiger partial charge >= 0.3 is 0 Å². The Morgan fingerprint density at radius 3 is 2.35 bits per heavy atom. The van der Waals surface area contributed by atoms with Gasteiger partial charge in [0.15, 0.2) is 11.5 Å². The van der Waals surface area contributed by atoms with Crippen molar-refractivity contribution >= 4 is 22.3 Å². The summed E-state index contributed by atoms with van der Waals surface area (Å²) in [5.74, 6) is 1.94. The third-order valence-corrected chi connectivity index (χ3v) is 4.19. The van der Waals surface area contributed by atoms with E-state index in [1.807, 2.05) is 31.2 Å². The Balaban J connectivity index is 2.18. The second-order valence-electron chi connectivity index (χ2n) is 5.69. The summed E-state index contributed by atoms with van der Waals surface area (Å²) in [7, 11) is 4.78. The van der Waals surface area contributed by atoms with Crippen LogP contribution in [0.5, 0.6) is 17.2 Å². The summed E-state index contributed by atoms with van der Waals surface area (Å²) in [6.45, 7) is 1.98. The molecule has 26 heavy (non-hydrogen) atoms. The highest BCUT2D eigenvalue weighted by atomic mass is 16.5. The highest BCUT2D eigenvalue weighted by molar-refractivity contribution is 5.97. The lowest BCUT2D eigenvalue weighted by molar-refractivity contribution is 0.356. The molecule has 0 spiro atoms. The molecular weight excluding hydrogens is 330 g/mol. The first-order valence-corrected chi connectivity index (χ1v) is 7.97. The number of benzene rings is 2. The van der Waals surface area contributed by atoms with E-state index in [1.165, 1.54) is 0 Å². The second kappa shape index (κ2) is 7.19. The smallest absolute Gasteiger partial charge is 0.162 e. The molecule has 0 fully saturated rings. The number of hydrogen-bond acceptors (Lipinski definition) is 6. The Kier molecular flexibility index (Phi) is 4.81. The molecule has 6 heteroatoms. The maximum atomic E-state index is 9.53. The van der Waals surface area contributed by atoms with Crippen LogP contribution in [0.25, 0.3) is 10.9 Å². The van der Waals surface area contributed by atoms with Crippen LogP contribution in [-0.2, 0) is 0 Å². The number of nitriles is 1. The van der Waals surface area contributed by atoms with Crippen LogP contribution in [0.1, 0.15) is 11.1 Å². The fourth-order valence-electron chi connectivity index (χ4n) is 2.78. The maximum absolute atomic E-state index is 9.53. The summed E-state index contributed by atoms with van der Waals surface area (Å²) >= 11 is 0. The predicted octanol–water partition coefficient (Wildman–Crippen LogP) is 4.18. The molecule has 1 N–H and O–H groups in total. The molecule has 1 aromatic heterocycles. The van der Waals surface area contributed by atoms with Crippen molar-refractivity contribution in [2.75, 3.05) is 26.6 Å². The number of pyridine rings is 1. The van der Waals surface area contributed by atoms with Crippen molar-refractivity contribution in [3.05, 3.63) is 47.7 Å². The van der Waals surface area contributed by atoms with E-state index in [2.05, 4.69) is 16.4 Å². The molecule has 0 bridgehead atoms. The van der Waals surface area contributed by atoms with Crippen molar-refractivity contribution < 1.29 is 14.2 Å². The standard InChI is InChI=1S/C20H19N3O3/c1-12-7-14(24-2)5-6-16(12)23-20-13(10-21)11-22-17-9-19(26-4)18(25-3)8-15(17)20/h5-9,11H,1-4H3,(H,22,23). The summed E-state index contributed by atoms with van der Waals surface area (Å²) in [6.07, 6.45) is 1.55. The Labute approximate surface area is 151 Å². The summed E-state index contributed by atoms with van der Waals surface area (Å²) in [6, 6.07) is 11.5. The molecule has 0 unspecified atom stereocenters. The van der Waals surface area contributed by atoms with Crippen molar-refractivity contribution in [1.29, 1.82) is 5.26 Å². The molecule has 3 aromatic rings. The normalized spacial score (nSPS) is 10.3. The topological polar surface area (TPSA) is 76.4 Å². The summed E-state index contributed by atoms with van der Waals surface area (Å²) in [5, 5.41) is 13.7. The van der Waals surface area contributed by atoms with E-state index < -0.39 is 0 Å². The van der Waals surface area contributed by atoms with E-state index in [9.17, 15) is 5.26 Å². The van der Waals surface area contributed by atoms with Crippen molar-refractivity contribution in [2.45, 2.75) is 6.92 Å². The van der Waals surface area contributed by atoms with E-state index in [0.29, 0.717) is 28.3 Å². The molecule has 3 rings (SSSR count). The molecule has 2 aromatic carbocycles. The van der Waals surface area contributed by atoms with Crippen LogP contribution >= 0.6 is 0 Å². The molecule has 132 valence electrons. The third kappa shape index (κ3) is 3.07. The van der Waals surface area contributed by atoms with Crippen molar-refractivity contribution in [3.8, 4) is 23.3 Å². The molecule has 0 atom stereocenters. The lowest BCUT2D eigenvalue weighted by Gasteiger charge is -2.16. The van der Waals surface area contributed by atoms with Gasteiger partial charge in [0, 0.05) is 23.3 Å². The van der Waals surface area contributed by atoms with Crippen molar-refractivity contribution in [1.82, 2.24) is 4.98 Å². The first-order valence-electron chi connectivity index (χ1n) is 7.97. The van der Waals surface area contributed by atoms with Crippen LogP contribution < -0.4 is 19.5 Å². The predicted molar refractivity (Wildman–Crippen MR) is 101 cm³/mol. The van der Waals surface area contributed by atoms with Gasteiger partial charge in [-0.15, -0.1) is 0 Å². The molecule has 6 nitrogen and oxygen atoms in total. The Bertz CT molecular complexity index is 1010. The van der Waals surface area contributed by atoms with E-state index in [4.69, 9.17) is 14.2 Å². The van der Waals surface area contributed by atoms with Crippen molar-refractivity contribution in [3.63, 3.8) is 0 Å². The first-order chi connectivity index (χ1) is 12.6. The largest absolute Gasteiger partial charge is 0.497 e. The van der Waals surface area contributed by atoms with E-state index >= 15 is 0 Å². The highest BCUT2D eigenvalue weighted by Gasteiger charge is 2.14. The monoisotopic (exact) mass is 349 g/mol. The summed E-state index contributed by atoms with van der Waals surface area (Å²) < 4.78 is 16.0. The number of hydrogen-bond donors (Lipinski definition) is 1. The zero-order valence-corrected chi connectivity index (χ0v) is 15.1. The highest BCUT2D eigenvalue weighted by Crippen LogP contribution is 2.37. The van der Waals surface area contributed by atoms with Crippen LogP contribution in [0.3, 0.4) is 0 Å². The van der Waals surface area contributed by atoms with Crippen LogP contribution in [0, 0.1) is 18.3 Å². The van der Waals surface area contributed by atoms with E-state index in [0.717, 1.165) is 22.4 Å². The van der Waals surface area contributed by atoms with Crippen LogP contribution in [-0.4, -0.2) is 26.3 Å². The number of methoxy groups -OCH3 is 3. The van der Waals surface area contributed by atoms with Gasteiger partial charge < -0.3 is 19.5 Å². The van der Waals surface area contributed by atoms with Crippen LogP contribution in [0.15, 0.2) is 36.5 Å². The summed E-state index contributed by atoms with van der Waals surface area (Å²) in [5.41, 5.74) is 3.70. The fourth-order valence-corrected chi connectivity index (χ4v) is 2.78. The Morgan fingerprint density at radius 1 is 1.00 bits per heavy atom. The molecule has 0 aliphatic carbocycles. The molecule has 0 saturated heterocycles. The second-order valence-corrected chi connectivity index (χ2v) is 5.69. The van der Waals surface area contributed by atoms with Gasteiger partial charge in [-0.25, -0.2) is 0 Å². The lowest BCUT2D eigenvalue weighted by Crippen LogP contribution is -2.00. The molecule has 0 aliphatic heterocycles. The quantitative estimate of drug-likeness (QED) is 0.744. The zero-order chi connectivity index (χ0) is 18.7. The van der Waals surface area contributed by atoms with E-state index in [-0.39, 0.29) is 0 Å². The van der Waals surface area contributed by atoms with Crippen LogP contribution in [0.2, 0.25) is 0 Å². The number of anilines is 2. The Morgan fingerprint density at radius 2 is 1.73 bits per heavy atom. The number of fused-ring (bicyclic) bond motifs is 1. The average molecular weight is 349 g/mol. The number of ether oxygens (including phenoxy) is 3. The minimum atomic E-state index is 0.444. The van der Waals surface area contributed by atoms with Gasteiger partial charge in [0.05, 0.1) is 38.1 Å². The minimum Gasteiger partial charge on any atom is -0.497 e. The fraction of sp³-hybridized carbons (Fsp3) is 0.200. The summed E-state index contributed by atoms with van der Waals surface area (Å²) in [4.78, 5) is 4.37. The molecular formula is C20H19N3O3. The SMILES string of the molecule is COc1ccc(Nc2c(C#N)cnc3cc(OC)c(OC)cc23)c(C)c1. The third-order valence-electron chi connectivity index (χ3n) is 4.19. The molecule has 0 aliphatic rings. The number of nitrogens with one attached hydrogen (secondary N) is 1. The lowest BCUT2D eigenvalue weighted by atomic mass is 10.1. The van der Waals surface area contributed by atoms with Gasteiger partial charge in [0.25, 0.3) is 0 Å². The molecule has 0 radical (unpaired) electrons. The van der Waals surface area contributed by atoms with Gasteiger partial charge in [0.1, 0.15) is 11.8 Å². The van der Waals surface area contributed by atoms with E-state index in [1.54, 1.807) is 33.6 Å². The first kappa shape index (κ1) is 17.4. The number of rotatable bonds is 5. The average Bonchev–Trinajstić information content (AvgIpc) is 2.68.